The largest absolute Gasteiger partial charge is 0.318 e. The molecule has 0 radical (unpaired) electrons. The summed E-state index contributed by atoms with van der Waals surface area (Å²) in [6.45, 7) is 11.2. The minimum absolute atomic E-state index is 0.433. The first-order valence-electron chi connectivity index (χ1n) is 4.90. The van der Waals surface area contributed by atoms with Crippen molar-refractivity contribution < 1.29 is 0 Å². The second kappa shape index (κ2) is 5.55. The van der Waals surface area contributed by atoms with Crippen LogP contribution in [-0.2, 0) is 0 Å². The lowest BCUT2D eigenvalue weighted by Crippen LogP contribution is -2.40. The van der Waals surface area contributed by atoms with Gasteiger partial charge in [-0.15, -0.1) is 0 Å². The van der Waals surface area contributed by atoms with E-state index in [1.807, 2.05) is 7.05 Å². The molecule has 0 aliphatic heterocycles. The van der Waals surface area contributed by atoms with Crippen molar-refractivity contribution in [2.45, 2.75) is 40.2 Å². The average Bonchev–Trinajstić information content (AvgIpc) is 2.02. The van der Waals surface area contributed by atoms with Gasteiger partial charge in [0.05, 0.1) is 0 Å². The second-order valence-electron chi connectivity index (χ2n) is 4.36. The Balaban J connectivity index is 3.52. The maximum Gasteiger partial charge on any atom is 0.0164 e. The third kappa shape index (κ3) is 5.56. The zero-order chi connectivity index (χ0) is 9.61. The topological polar surface area (TPSA) is 24.1 Å². The molecule has 0 aliphatic rings. The molecular formula is C10H24N2. The molecule has 0 amide bonds. The molecule has 2 N–H and O–H groups in total. The summed E-state index contributed by atoms with van der Waals surface area (Å²) in [6.07, 6.45) is 1.23. The molecule has 1 unspecified atom stereocenters. The average molecular weight is 172 g/mol. The molecule has 0 aliphatic carbocycles. The van der Waals surface area contributed by atoms with Crippen LogP contribution in [0.25, 0.3) is 0 Å². The predicted octanol–water partition coefficient (Wildman–Crippen LogP) is 1.62. The summed E-state index contributed by atoms with van der Waals surface area (Å²) in [5.41, 5.74) is 0.433. The SMILES string of the molecule is CCC(C)(C)CNC(C)CNC. The third-order valence-electron chi connectivity index (χ3n) is 2.40. The van der Waals surface area contributed by atoms with Crippen LogP contribution in [0.3, 0.4) is 0 Å². The Morgan fingerprint density at radius 3 is 2.33 bits per heavy atom. The Bertz CT molecular complexity index is 110. The molecule has 0 aromatic heterocycles. The fraction of sp³-hybridized carbons (Fsp3) is 1.00. The lowest BCUT2D eigenvalue weighted by atomic mass is 9.90. The van der Waals surface area contributed by atoms with Gasteiger partial charge in [0, 0.05) is 19.1 Å². The normalized spacial score (nSPS) is 14.8. The maximum absolute atomic E-state index is 3.51. The molecule has 0 aromatic rings. The van der Waals surface area contributed by atoms with Gasteiger partial charge in [0.25, 0.3) is 0 Å². The molecular weight excluding hydrogens is 148 g/mol. The van der Waals surface area contributed by atoms with E-state index in [0.29, 0.717) is 11.5 Å². The van der Waals surface area contributed by atoms with Crippen LogP contribution in [-0.4, -0.2) is 26.2 Å². The fourth-order valence-corrected chi connectivity index (χ4v) is 0.954. The number of likely N-dealkylation sites (N-methyl/N-ethyl adjacent to an activating group) is 1. The summed E-state index contributed by atoms with van der Waals surface area (Å²) in [6, 6.07) is 0.570. The highest BCUT2D eigenvalue weighted by molar-refractivity contribution is 4.72. The Kier molecular flexibility index (Phi) is 5.51. The number of hydrogen-bond acceptors (Lipinski definition) is 2. The van der Waals surface area contributed by atoms with Crippen molar-refractivity contribution >= 4 is 0 Å². The molecule has 0 rings (SSSR count). The molecule has 2 nitrogen and oxygen atoms in total. The highest BCUT2D eigenvalue weighted by Gasteiger charge is 2.15. The smallest absolute Gasteiger partial charge is 0.0164 e. The molecule has 0 fully saturated rings. The first-order chi connectivity index (χ1) is 5.52. The zero-order valence-electron chi connectivity index (χ0n) is 9.20. The van der Waals surface area contributed by atoms with Gasteiger partial charge in [0.1, 0.15) is 0 Å². The van der Waals surface area contributed by atoms with Gasteiger partial charge >= 0.3 is 0 Å². The van der Waals surface area contributed by atoms with Gasteiger partial charge in [-0.05, 0) is 25.8 Å². The maximum atomic E-state index is 3.51. The fourth-order valence-electron chi connectivity index (χ4n) is 0.954. The quantitative estimate of drug-likeness (QED) is 0.636. The van der Waals surface area contributed by atoms with Gasteiger partial charge in [-0.2, -0.15) is 0 Å². The minimum Gasteiger partial charge on any atom is -0.318 e. The van der Waals surface area contributed by atoms with E-state index in [0.717, 1.165) is 13.1 Å². The number of hydrogen-bond donors (Lipinski definition) is 2. The molecule has 12 heavy (non-hydrogen) atoms. The first-order valence-corrected chi connectivity index (χ1v) is 4.90. The van der Waals surface area contributed by atoms with Gasteiger partial charge in [0.2, 0.25) is 0 Å². The van der Waals surface area contributed by atoms with Crippen LogP contribution in [0.15, 0.2) is 0 Å². The van der Waals surface area contributed by atoms with E-state index in [4.69, 9.17) is 0 Å². The molecule has 74 valence electrons. The van der Waals surface area contributed by atoms with E-state index in [1.165, 1.54) is 6.42 Å². The molecule has 0 aromatic carbocycles. The monoisotopic (exact) mass is 172 g/mol. The van der Waals surface area contributed by atoms with Gasteiger partial charge < -0.3 is 10.6 Å². The molecule has 0 heterocycles. The van der Waals surface area contributed by atoms with Crippen molar-refractivity contribution in [3.05, 3.63) is 0 Å². The van der Waals surface area contributed by atoms with Crippen LogP contribution in [0, 0.1) is 5.41 Å². The summed E-state index contributed by atoms with van der Waals surface area (Å²) >= 11 is 0. The predicted molar refractivity (Wildman–Crippen MR) is 55.5 cm³/mol. The van der Waals surface area contributed by atoms with Crippen molar-refractivity contribution in [2.24, 2.45) is 5.41 Å². The van der Waals surface area contributed by atoms with E-state index in [9.17, 15) is 0 Å². The molecule has 2 heteroatoms. The van der Waals surface area contributed by atoms with Crippen LogP contribution in [0.5, 0.6) is 0 Å². The van der Waals surface area contributed by atoms with Crippen molar-refractivity contribution in [2.75, 3.05) is 20.1 Å². The summed E-state index contributed by atoms with van der Waals surface area (Å²) in [7, 11) is 1.99. The highest BCUT2D eigenvalue weighted by Crippen LogP contribution is 2.17. The van der Waals surface area contributed by atoms with E-state index < -0.39 is 0 Å². The molecule has 0 bridgehead atoms. The van der Waals surface area contributed by atoms with E-state index in [2.05, 4.69) is 38.3 Å². The lowest BCUT2D eigenvalue weighted by molar-refractivity contribution is 0.311. The minimum atomic E-state index is 0.433. The Hall–Kier alpha value is -0.0800. The number of nitrogens with one attached hydrogen (secondary N) is 2. The van der Waals surface area contributed by atoms with Crippen LogP contribution in [0.4, 0.5) is 0 Å². The third-order valence-corrected chi connectivity index (χ3v) is 2.40. The van der Waals surface area contributed by atoms with E-state index >= 15 is 0 Å². The highest BCUT2D eigenvalue weighted by atomic mass is 15.0. The van der Waals surface area contributed by atoms with E-state index in [-0.39, 0.29) is 0 Å². The molecule has 0 saturated carbocycles. The van der Waals surface area contributed by atoms with Gasteiger partial charge in [-0.25, -0.2) is 0 Å². The first kappa shape index (κ1) is 11.9. The molecule has 0 spiro atoms. The van der Waals surface area contributed by atoms with Crippen LogP contribution >= 0.6 is 0 Å². The standard InChI is InChI=1S/C10H24N2/c1-6-10(3,4)8-12-9(2)7-11-5/h9,11-12H,6-8H2,1-5H3. The zero-order valence-corrected chi connectivity index (χ0v) is 9.20. The van der Waals surface area contributed by atoms with Crippen LogP contribution < -0.4 is 10.6 Å². The summed E-state index contributed by atoms with van der Waals surface area (Å²) in [5, 5.41) is 6.67. The van der Waals surface area contributed by atoms with Crippen molar-refractivity contribution in [1.82, 2.24) is 10.6 Å². The van der Waals surface area contributed by atoms with Gasteiger partial charge in [-0.3, -0.25) is 0 Å². The Morgan fingerprint density at radius 2 is 1.92 bits per heavy atom. The summed E-state index contributed by atoms with van der Waals surface area (Å²) in [4.78, 5) is 0. The van der Waals surface area contributed by atoms with Crippen molar-refractivity contribution in [1.29, 1.82) is 0 Å². The lowest BCUT2D eigenvalue weighted by Gasteiger charge is -2.25. The molecule has 1 atom stereocenters. The van der Waals surface area contributed by atoms with Crippen LogP contribution in [0.1, 0.15) is 34.1 Å². The van der Waals surface area contributed by atoms with Crippen molar-refractivity contribution in [3.8, 4) is 0 Å². The van der Waals surface area contributed by atoms with Crippen molar-refractivity contribution in [3.63, 3.8) is 0 Å². The van der Waals surface area contributed by atoms with Gasteiger partial charge in [0.15, 0.2) is 0 Å². The summed E-state index contributed by atoms with van der Waals surface area (Å²) in [5.74, 6) is 0. The Labute approximate surface area is 77.1 Å². The second-order valence-corrected chi connectivity index (χ2v) is 4.36. The number of rotatable bonds is 6. The van der Waals surface area contributed by atoms with Crippen LogP contribution in [0.2, 0.25) is 0 Å². The van der Waals surface area contributed by atoms with Gasteiger partial charge in [-0.1, -0.05) is 20.8 Å². The Morgan fingerprint density at radius 1 is 1.33 bits per heavy atom. The van der Waals surface area contributed by atoms with E-state index in [1.54, 1.807) is 0 Å². The molecule has 0 saturated heterocycles. The summed E-state index contributed by atoms with van der Waals surface area (Å²) < 4.78 is 0.